The highest BCUT2D eigenvalue weighted by atomic mass is 15.2. The summed E-state index contributed by atoms with van der Waals surface area (Å²) in [6.07, 6.45) is 29.7. The zero-order valence-corrected chi connectivity index (χ0v) is 31.6. The van der Waals surface area contributed by atoms with Gasteiger partial charge in [0.2, 0.25) is 0 Å². The van der Waals surface area contributed by atoms with Crippen molar-refractivity contribution in [3.05, 3.63) is 184 Å². The molecule has 11 rings (SSSR count). The van der Waals surface area contributed by atoms with Gasteiger partial charge in [0.05, 0.1) is 17.6 Å². The first-order chi connectivity index (χ1) is 27.2. The fraction of sp³-hybridized carbons (Fsp3) is 0.250. The van der Waals surface area contributed by atoms with Crippen LogP contribution in [0.1, 0.15) is 97.7 Å². The molecule has 4 aliphatic carbocycles. The molecule has 0 radical (unpaired) electrons. The van der Waals surface area contributed by atoms with Crippen LogP contribution in [0.2, 0.25) is 0 Å². The second-order valence-corrected chi connectivity index (χ2v) is 16.4. The minimum absolute atomic E-state index is 0.0742. The van der Waals surface area contributed by atoms with Crippen molar-refractivity contribution in [2.45, 2.75) is 82.5 Å². The molecule has 55 heavy (non-hydrogen) atoms. The van der Waals surface area contributed by atoms with Crippen molar-refractivity contribution in [1.82, 2.24) is 4.98 Å². The third kappa shape index (κ3) is 5.42. The van der Waals surface area contributed by atoms with E-state index < -0.39 is 0 Å². The van der Waals surface area contributed by atoms with Gasteiger partial charge in [-0.25, -0.2) is 0 Å². The van der Waals surface area contributed by atoms with Gasteiger partial charge in [-0.15, -0.1) is 0 Å². The Morgan fingerprint density at radius 2 is 1.15 bits per heavy atom. The Morgan fingerprint density at radius 3 is 1.80 bits per heavy atom. The monoisotopic (exact) mass is 713 g/mol. The van der Waals surface area contributed by atoms with E-state index in [1.165, 1.54) is 104 Å². The highest BCUT2D eigenvalue weighted by Gasteiger charge is 2.45. The van der Waals surface area contributed by atoms with E-state index >= 15 is 0 Å². The van der Waals surface area contributed by atoms with Gasteiger partial charge >= 0.3 is 0 Å². The molecule has 0 saturated heterocycles. The Bertz CT molecular complexity index is 2500. The van der Waals surface area contributed by atoms with Crippen LogP contribution in [0.5, 0.6) is 0 Å². The number of benzene rings is 4. The summed E-state index contributed by atoms with van der Waals surface area (Å²) >= 11 is 0. The van der Waals surface area contributed by atoms with Gasteiger partial charge in [-0.2, -0.15) is 0 Å². The summed E-state index contributed by atoms with van der Waals surface area (Å²) in [5.41, 5.74) is 22.1. The van der Waals surface area contributed by atoms with Gasteiger partial charge in [-0.1, -0.05) is 104 Å². The minimum Gasteiger partial charge on any atom is -0.314 e. The molecule has 1 fully saturated rings. The van der Waals surface area contributed by atoms with Crippen LogP contribution in [-0.2, 0) is 18.3 Å². The summed E-state index contributed by atoms with van der Waals surface area (Å²) in [6, 6.07) is 37.1. The molecule has 0 unspecified atom stereocenters. The summed E-state index contributed by atoms with van der Waals surface area (Å²) in [5, 5.41) is 0. The maximum Gasteiger partial charge on any atom is 0.0642 e. The van der Waals surface area contributed by atoms with Crippen molar-refractivity contribution in [3.8, 4) is 11.1 Å². The van der Waals surface area contributed by atoms with Crippen LogP contribution in [0, 0.1) is 0 Å². The van der Waals surface area contributed by atoms with Gasteiger partial charge < -0.3 is 9.80 Å². The fourth-order valence-electron chi connectivity index (χ4n) is 10.7. The molecule has 5 aromatic rings. The average Bonchev–Trinajstić information content (AvgIpc) is 3.73. The van der Waals surface area contributed by atoms with E-state index in [9.17, 15) is 0 Å². The number of anilines is 4. The van der Waals surface area contributed by atoms with E-state index in [0.717, 1.165) is 62.7 Å². The average molecular weight is 714 g/mol. The minimum atomic E-state index is 0.0742. The standard InChI is InChI=1S/C52H47N3/c1-5-15-48-37(11-1)21-22-38-12-2-6-16-49(38)54(48)42-28-30-45-44-29-20-36(33-46(44)52(47(45)34-42)31-9-10-32-52)19-25-41-26-27-43(35-53-41)55-50-17-7-3-13-39(50)23-24-40-14-4-8-18-51(40)55/h1-5,7,11-15,17,19-20,25-30,33-35H,6,8-10,16,18,21-24,31-32H2/b25-19+. The molecule has 4 aromatic carbocycles. The van der Waals surface area contributed by atoms with Gasteiger partial charge in [0.15, 0.2) is 0 Å². The van der Waals surface area contributed by atoms with Crippen molar-refractivity contribution in [1.29, 1.82) is 0 Å². The SMILES string of the molecule is C1=CC2=C(CC1)N(c1ccc(/C=C/c3ccc4c(c3)C3(CCCC3)c3cc(N5C6=C(C=CCC6)CCc6ccccc65)ccc3-4)nc1)c1ccccc1CC2. The molecule has 270 valence electrons. The summed E-state index contributed by atoms with van der Waals surface area (Å²) in [7, 11) is 0. The number of para-hydroxylation sites is 2. The smallest absolute Gasteiger partial charge is 0.0642 e. The van der Waals surface area contributed by atoms with Gasteiger partial charge in [0.25, 0.3) is 0 Å². The van der Waals surface area contributed by atoms with Crippen LogP contribution in [0.15, 0.2) is 150 Å². The number of hydrogen-bond donors (Lipinski definition) is 0. The van der Waals surface area contributed by atoms with Gasteiger partial charge in [0.1, 0.15) is 0 Å². The van der Waals surface area contributed by atoms with Crippen LogP contribution in [0.3, 0.4) is 0 Å². The zero-order chi connectivity index (χ0) is 36.3. The third-order valence-corrected chi connectivity index (χ3v) is 13.4. The molecule has 0 atom stereocenters. The highest BCUT2D eigenvalue weighted by molar-refractivity contribution is 5.86. The first kappa shape index (κ1) is 32.7. The topological polar surface area (TPSA) is 19.4 Å². The molecule has 3 nitrogen and oxygen atoms in total. The number of nitrogens with zero attached hydrogens (tertiary/aromatic N) is 3. The number of aryl methyl sites for hydroxylation is 2. The zero-order valence-electron chi connectivity index (χ0n) is 31.6. The largest absolute Gasteiger partial charge is 0.314 e. The normalized spacial score (nSPS) is 19.2. The predicted octanol–water partition coefficient (Wildman–Crippen LogP) is 13.5. The van der Waals surface area contributed by atoms with Gasteiger partial charge in [-0.3, -0.25) is 4.98 Å². The molecular weight excluding hydrogens is 667 g/mol. The maximum atomic E-state index is 5.01. The summed E-state index contributed by atoms with van der Waals surface area (Å²) < 4.78 is 0. The van der Waals surface area contributed by atoms with Crippen LogP contribution in [0.25, 0.3) is 23.3 Å². The van der Waals surface area contributed by atoms with Gasteiger partial charge in [0, 0.05) is 33.9 Å². The molecule has 6 aliphatic rings. The Labute approximate surface area is 325 Å². The number of fused-ring (bicyclic) bond motifs is 7. The van der Waals surface area contributed by atoms with E-state index in [-0.39, 0.29) is 5.41 Å². The lowest BCUT2D eigenvalue weighted by molar-refractivity contribution is 0.550. The quantitative estimate of drug-likeness (QED) is 0.185. The van der Waals surface area contributed by atoms with Crippen LogP contribution >= 0.6 is 0 Å². The summed E-state index contributed by atoms with van der Waals surface area (Å²) in [4.78, 5) is 10.1. The van der Waals surface area contributed by atoms with E-state index in [1.54, 1.807) is 0 Å². The lowest BCUT2D eigenvalue weighted by atomic mass is 9.76. The molecule has 1 spiro atoms. The molecule has 0 bridgehead atoms. The Kier molecular flexibility index (Phi) is 7.90. The number of rotatable bonds is 4. The lowest BCUT2D eigenvalue weighted by Crippen LogP contribution is -2.22. The van der Waals surface area contributed by atoms with E-state index in [2.05, 4.69) is 150 Å². The maximum absolute atomic E-state index is 5.01. The molecule has 3 heteroatoms. The first-order valence-electron chi connectivity index (χ1n) is 20.7. The van der Waals surface area contributed by atoms with Crippen LogP contribution in [-0.4, -0.2) is 4.98 Å². The van der Waals surface area contributed by atoms with Crippen LogP contribution < -0.4 is 9.80 Å². The fourth-order valence-corrected chi connectivity index (χ4v) is 10.7. The Hall–Kier alpha value is -5.67. The number of allylic oxidation sites excluding steroid dienone is 8. The van der Waals surface area contributed by atoms with Crippen molar-refractivity contribution >= 4 is 34.9 Å². The lowest BCUT2D eigenvalue weighted by Gasteiger charge is -2.32. The Morgan fingerprint density at radius 1 is 0.545 bits per heavy atom. The third-order valence-electron chi connectivity index (χ3n) is 13.4. The summed E-state index contributed by atoms with van der Waals surface area (Å²) in [5.74, 6) is 0. The van der Waals surface area contributed by atoms with Crippen molar-refractivity contribution in [2.75, 3.05) is 9.80 Å². The van der Waals surface area contributed by atoms with Crippen molar-refractivity contribution in [3.63, 3.8) is 0 Å². The molecule has 0 N–H and O–H groups in total. The molecule has 1 aromatic heterocycles. The van der Waals surface area contributed by atoms with Crippen molar-refractivity contribution < 1.29 is 0 Å². The second kappa shape index (κ2) is 13.3. The molecule has 0 amide bonds. The van der Waals surface area contributed by atoms with Crippen LogP contribution in [0.4, 0.5) is 22.7 Å². The first-order valence-corrected chi connectivity index (χ1v) is 20.7. The van der Waals surface area contributed by atoms with Gasteiger partial charge in [-0.05, 0) is 157 Å². The van der Waals surface area contributed by atoms with E-state index in [1.807, 2.05) is 0 Å². The van der Waals surface area contributed by atoms with E-state index in [0.29, 0.717) is 0 Å². The number of aromatic nitrogens is 1. The highest BCUT2D eigenvalue weighted by Crippen LogP contribution is 2.58. The molecule has 3 heterocycles. The molecule has 1 saturated carbocycles. The molecular formula is C52H47N3. The summed E-state index contributed by atoms with van der Waals surface area (Å²) in [6.45, 7) is 0. The molecule has 2 aliphatic heterocycles. The second-order valence-electron chi connectivity index (χ2n) is 16.4. The van der Waals surface area contributed by atoms with E-state index in [4.69, 9.17) is 4.98 Å². The number of hydrogen-bond acceptors (Lipinski definition) is 3. The Balaban J connectivity index is 0.920. The van der Waals surface area contributed by atoms with Crippen molar-refractivity contribution in [2.24, 2.45) is 0 Å². The number of pyridine rings is 1. The predicted molar refractivity (Wildman–Crippen MR) is 229 cm³/mol.